The molecule has 0 saturated heterocycles. The molecule has 0 spiro atoms. The van der Waals surface area contributed by atoms with Gasteiger partial charge in [0, 0.05) is 35.7 Å². The highest BCUT2D eigenvalue weighted by molar-refractivity contribution is 7.16. The van der Waals surface area contributed by atoms with Gasteiger partial charge in [0.05, 0.1) is 4.34 Å². The van der Waals surface area contributed by atoms with Gasteiger partial charge in [-0.3, -0.25) is 0 Å². The normalized spacial score (nSPS) is 11.3. The average molecular weight is 305 g/mol. The summed E-state index contributed by atoms with van der Waals surface area (Å²) in [6.45, 7) is 4.99. The minimum Gasteiger partial charge on any atom is -0.344 e. The number of nitrogens with zero attached hydrogens (tertiary/aromatic N) is 1. The second-order valence-corrected chi connectivity index (χ2v) is 6.68. The van der Waals surface area contributed by atoms with Crippen LogP contribution in [0.3, 0.4) is 0 Å². The lowest BCUT2D eigenvalue weighted by Crippen LogP contribution is -2.19. The minimum atomic E-state index is 0.856. The number of aromatic nitrogens is 1. The summed E-state index contributed by atoms with van der Waals surface area (Å²) in [7, 11) is 0. The summed E-state index contributed by atoms with van der Waals surface area (Å²) in [6.07, 6.45) is 0. The van der Waals surface area contributed by atoms with Crippen molar-refractivity contribution in [1.29, 1.82) is 0 Å². The first-order valence-electron chi connectivity index (χ1n) is 6.74. The Hall–Kier alpha value is -1.29. The monoisotopic (exact) mass is 304 g/mol. The van der Waals surface area contributed by atoms with E-state index in [9.17, 15) is 0 Å². The van der Waals surface area contributed by atoms with Crippen LogP contribution >= 0.6 is 22.9 Å². The van der Waals surface area contributed by atoms with Crippen molar-refractivity contribution in [2.45, 2.75) is 20.0 Å². The van der Waals surface area contributed by atoms with Crippen molar-refractivity contribution in [3.63, 3.8) is 0 Å². The predicted octanol–water partition coefficient (Wildman–Crippen LogP) is 4.45. The van der Waals surface area contributed by atoms with E-state index in [0.717, 1.165) is 24.0 Å². The summed E-state index contributed by atoms with van der Waals surface area (Å²) < 4.78 is 3.22. The fraction of sp³-hybridized carbons (Fsp3) is 0.250. The molecular weight excluding hydrogens is 288 g/mol. The Morgan fingerprint density at radius 1 is 1.20 bits per heavy atom. The molecule has 4 heteroatoms. The molecule has 0 bridgehead atoms. The van der Waals surface area contributed by atoms with Crippen LogP contribution in [0.5, 0.6) is 0 Å². The molecule has 0 unspecified atom stereocenters. The van der Waals surface area contributed by atoms with Crippen molar-refractivity contribution >= 4 is 33.8 Å². The maximum Gasteiger partial charge on any atom is 0.0931 e. The van der Waals surface area contributed by atoms with Crippen LogP contribution in [0.15, 0.2) is 42.5 Å². The topological polar surface area (TPSA) is 17.0 Å². The maximum atomic E-state index is 5.93. The van der Waals surface area contributed by atoms with E-state index in [0.29, 0.717) is 0 Å². The molecule has 0 atom stereocenters. The summed E-state index contributed by atoms with van der Waals surface area (Å²) in [4.78, 5) is 1.28. The molecule has 0 amide bonds. The molecular formula is C16H17ClN2S. The zero-order valence-electron chi connectivity index (χ0n) is 11.4. The molecule has 0 saturated carbocycles. The van der Waals surface area contributed by atoms with Gasteiger partial charge < -0.3 is 9.88 Å². The van der Waals surface area contributed by atoms with E-state index in [2.05, 4.69) is 53.2 Å². The second-order valence-electron chi connectivity index (χ2n) is 4.88. The molecule has 20 heavy (non-hydrogen) atoms. The van der Waals surface area contributed by atoms with Gasteiger partial charge in [0.15, 0.2) is 0 Å². The first-order valence-corrected chi connectivity index (χ1v) is 7.93. The minimum absolute atomic E-state index is 0.856. The second kappa shape index (κ2) is 6.00. The molecule has 2 aromatic heterocycles. The van der Waals surface area contributed by atoms with Gasteiger partial charge in [0.1, 0.15) is 0 Å². The van der Waals surface area contributed by atoms with E-state index >= 15 is 0 Å². The third-order valence-corrected chi connectivity index (χ3v) is 4.69. The lowest BCUT2D eigenvalue weighted by molar-refractivity contribution is 0.605. The maximum absolute atomic E-state index is 5.93. The average Bonchev–Trinajstić information content (AvgIpc) is 2.98. The highest BCUT2D eigenvalue weighted by atomic mass is 35.5. The molecule has 0 fully saturated rings. The Kier molecular flexibility index (Phi) is 4.10. The molecule has 1 aromatic carbocycles. The smallest absolute Gasteiger partial charge is 0.0931 e. The lowest BCUT2D eigenvalue weighted by Gasteiger charge is -2.09. The van der Waals surface area contributed by atoms with Crippen LogP contribution in [0, 0.1) is 6.92 Å². The number of benzene rings is 1. The summed E-state index contributed by atoms with van der Waals surface area (Å²) in [5.74, 6) is 0. The van der Waals surface area contributed by atoms with E-state index in [4.69, 9.17) is 11.6 Å². The standard InChI is InChI=1S/C16H17ClN2S/c1-12-10-13-4-2-3-5-15(13)19(12)9-8-18-11-14-6-7-16(17)20-14/h2-7,10,18H,8-9,11H2,1H3. The molecule has 0 aliphatic carbocycles. The Balaban J connectivity index is 1.61. The van der Waals surface area contributed by atoms with E-state index in [1.165, 1.54) is 21.5 Å². The van der Waals surface area contributed by atoms with Gasteiger partial charge in [0.2, 0.25) is 0 Å². The number of para-hydroxylation sites is 1. The lowest BCUT2D eigenvalue weighted by atomic mass is 10.2. The van der Waals surface area contributed by atoms with Gasteiger partial charge in [-0.25, -0.2) is 0 Å². The third kappa shape index (κ3) is 2.90. The zero-order chi connectivity index (χ0) is 13.9. The molecule has 3 rings (SSSR count). The van der Waals surface area contributed by atoms with Crippen LogP contribution in [-0.2, 0) is 13.1 Å². The van der Waals surface area contributed by atoms with Crippen LogP contribution in [-0.4, -0.2) is 11.1 Å². The Morgan fingerprint density at radius 3 is 2.85 bits per heavy atom. The highest BCUT2D eigenvalue weighted by Gasteiger charge is 2.04. The first kappa shape index (κ1) is 13.7. The molecule has 2 nitrogen and oxygen atoms in total. The summed E-state index contributed by atoms with van der Waals surface area (Å²) in [5.41, 5.74) is 2.62. The predicted molar refractivity (Wildman–Crippen MR) is 87.7 cm³/mol. The molecule has 104 valence electrons. The van der Waals surface area contributed by atoms with Crippen molar-refractivity contribution < 1.29 is 0 Å². The largest absolute Gasteiger partial charge is 0.344 e. The number of aryl methyl sites for hydroxylation is 1. The van der Waals surface area contributed by atoms with Gasteiger partial charge in [-0.15, -0.1) is 11.3 Å². The van der Waals surface area contributed by atoms with Crippen LogP contribution in [0.2, 0.25) is 4.34 Å². The van der Waals surface area contributed by atoms with Gasteiger partial charge >= 0.3 is 0 Å². The van der Waals surface area contributed by atoms with Crippen LogP contribution in [0.25, 0.3) is 10.9 Å². The number of hydrogen-bond acceptors (Lipinski definition) is 2. The zero-order valence-corrected chi connectivity index (χ0v) is 13.0. The Morgan fingerprint density at radius 2 is 2.05 bits per heavy atom. The number of hydrogen-bond donors (Lipinski definition) is 1. The number of fused-ring (bicyclic) bond motifs is 1. The van der Waals surface area contributed by atoms with Crippen LogP contribution in [0.1, 0.15) is 10.6 Å². The van der Waals surface area contributed by atoms with Crippen molar-refractivity contribution in [3.8, 4) is 0 Å². The number of rotatable bonds is 5. The molecule has 1 N–H and O–H groups in total. The van der Waals surface area contributed by atoms with E-state index in [-0.39, 0.29) is 0 Å². The quantitative estimate of drug-likeness (QED) is 0.689. The highest BCUT2D eigenvalue weighted by Crippen LogP contribution is 2.21. The molecule has 0 radical (unpaired) electrons. The fourth-order valence-corrected chi connectivity index (χ4v) is 3.55. The van der Waals surface area contributed by atoms with E-state index in [1.54, 1.807) is 11.3 Å². The first-order chi connectivity index (χ1) is 9.74. The van der Waals surface area contributed by atoms with Gasteiger partial charge in [-0.1, -0.05) is 29.8 Å². The van der Waals surface area contributed by atoms with Crippen molar-refractivity contribution in [1.82, 2.24) is 9.88 Å². The van der Waals surface area contributed by atoms with Gasteiger partial charge in [-0.05, 0) is 36.6 Å². The van der Waals surface area contributed by atoms with Gasteiger partial charge in [0.25, 0.3) is 0 Å². The number of thiophene rings is 1. The Bertz CT molecular complexity index is 714. The fourth-order valence-electron chi connectivity index (χ4n) is 2.49. The SMILES string of the molecule is Cc1cc2ccccc2n1CCNCc1ccc(Cl)s1. The van der Waals surface area contributed by atoms with Crippen molar-refractivity contribution in [3.05, 3.63) is 57.4 Å². The third-order valence-electron chi connectivity index (χ3n) is 3.46. The van der Waals surface area contributed by atoms with Crippen LogP contribution in [0.4, 0.5) is 0 Å². The van der Waals surface area contributed by atoms with Crippen molar-refractivity contribution in [2.24, 2.45) is 0 Å². The molecule has 3 aromatic rings. The molecule has 0 aliphatic rings. The Labute approximate surface area is 128 Å². The van der Waals surface area contributed by atoms with Crippen molar-refractivity contribution in [2.75, 3.05) is 6.54 Å². The van der Waals surface area contributed by atoms with Gasteiger partial charge in [-0.2, -0.15) is 0 Å². The number of halogens is 1. The summed E-state index contributed by atoms with van der Waals surface area (Å²) in [5, 5.41) is 4.79. The molecule has 2 heterocycles. The van der Waals surface area contributed by atoms with E-state index < -0.39 is 0 Å². The van der Waals surface area contributed by atoms with Crippen LogP contribution < -0.4 is 5.32 Å². The number of nitrogens with one attached hydrogen (secondary N) is 1. The summed E-state index contributed by atoms with van der Waals surface area (Å²) in [6, 6.07) is 14.8. The summed E-state index contributed by atoms with van der Waals surface area (Å²) >= 11 is 7.56. The molecule has 0 aliphatic heterocycles. The van der Waals surface area contributed by atoms with E-state index in [1.807, 2.05) is 6.07 Å².